The minimum Gasteiger partial charge on any atom is -0.481 e. The minimum atomic E-state index is -4.69. The topological polar surface area (TPSA) is 103 Å². The summed E-state index contributed by atoms with van der Waals surface area (Å²) < 4.78 is 53.2. The Kier molecular flexibility index (Phi) is 7.13. The third-order valence-electron chi connectivity index (χ3n) is 5.29. The van der Waals surface area contributed by atoms with Crippen LogP contribution in [0.2, 0.25) is 5.02 Å². The number of benzene rings is 1. The molecule has 33 heavy (non-hydrogen) atoms. The number of alkyl halides is 3. The summed E-state index contributed by atoms with van der Waals surface area (Å²) in [4.78, 5) is 29.2. The van der Waals surface area contributed by atoms with Crippen LogP contribution in [0.1, 0.15) is 29.7 Å². The first-order valence-electron chi connectivity index (χ1n) is 9.82. The van der Waals surface area contributed by atoms with Gasteiger partial charge in [0.25, 0.3) is 0 Å². The monoisotopic (exact) mass is 489 g/mol. The Morgan fingerprint density at radius 1 is 1.27 bits per heavy atom. The van der Waals surface area contributed by atoms with Crippen molar-refractivity contribution in [2.45, 2.75) is 44.8 Å². The lowest BCUT2D eigenvalue weighted by atomic mass is 10.0. The number of carbonyl (C=O) groups is 2. The van der Waals surface area contributed by atoms with Gasteiger partial charge in [0.15, 0.2) is 0 Å². The van der Waals surface area contributed by atoms with Crippen molar-refractivity contribution in [3.05, 3.63) is 58.0 Å². The molecule has 0 unspecified atom stereocenters. The van der Waals surface area contributed by atoms with Crippen molar-refractivity contribution in [1.82, 2.24) is 10.3 Å². The first-order chi connectivity index (χ1) is 15.4. The van der Waals surface area contributed by atoms with Crippen LogP contribution in [0.3, 0.4) is 0 Å². The molecule has 2 aromatic rings. The summed E-state index contributed by atoms with van der Waals surface area (Å²) in [7, 11) is 0. The number of hydrogen-bond acceptors (Lipinski definition) is 5. The molecule has 1 amide bonds. The highest BCUT2D eigenvalue weighted by Crippen LogP contribution is 2.38. The first kappa shape index (κ1) is 24.7. The summed E-state index contributed by atoms with van der Waals surface area (Å²) >= 11 is 5.73. The van der Waals surface area contributed by atoms with Crippen molar-refractivity contribution < 1.29 is 37.4 Å². The zero-order valence-corrected chi connectivity index (χ0v) is 18.0. The Labute approximate surface area is 191 Å². The molecule has 1 aromatic heterocycles. The van der Waals surface area contributed by atoms with E-state index in [1.807, 2.05) is 0 Å². The molecular weight excluding hydrogens is 470 g/mol. The van der Waals surface area contributed by atoms with Gasteiger partial charge in [0.2, 0.25) is 5.91 Å². The molecule has 12 heteroatoms. The van der Waals surface area contributed by atoms with Crippen LogP contribution in [0.15, 0.2) is 30.3 Å². The molecule has 1 aromatic carbocycles. The molecule has 0 aliphatic carbocycles. The second-order valence-corrected chi connectivity index (χ2v) is 8.16. The molecule has 1 aliphatic rings. The molecular formula is C21H20ClF4N3O4. The second kappa shape index (κ2) is 9.52. The fourth-order valence-electron chi connectivity index (χ4n) is 3.78. The summed E-state index contributed by atoms with van der Waals surface area (Å²) in [6.45, 7) is 1.27. The zero-order valence-electron chi connectivity index (χ0n) is 17.2. The van der Waals surface area contributed by atoms with E-state index in [2.05, 4.69) is 10.3 Å². The summed E-state index contributed by atoms with van der Waals surface area (Å²) in [6, 6.07) is 4.17. The van der Waals surface area contributed by atoms with Gasteiger partial charge in [-0.05, 0) is 43.2 Å². The van der Waals surface area contributed by atoms with Crippen LogP contribution in [0.25, 0.3) is 0 Å². The average molecular weight is 490 g/mol. The number of halogens is 5. The number of aliphatic hydroxyl groups is 1. The van der Waals surface area contributed by atoms with Crippen molar-refractivity contribution in [3.8, 4) is 0 Å². The Balaban J connectivity index is 1.90. The van der Waals surface area contributed by atoms with E-state index in [4.69, 9.17) is 16.7 Å². The van der Waals surface area contributed by atoms with Crippen LogP contribution in [-0.4, -0.2) is 39.3 Å². The fourth-order valence-corrected chi connectivity index (χ4v) is 3.98. The molecule has 1 fully saturated rings. The number of hydrogen-bond donors (Lipinski definition) is 3. The summed E-state index contributed by atoms with van der Waals surface area (Å²) in [5.41, 5.74) is -0.539. The number of pyridine rings is 1. The van der Waals surface area contributed by atoms with Crippen LogP contribution >= 0.6 is 11.6 Å². The van der Waals surface area contributed by atoms with Crippen LogP contribution in [-0.2, 0) is 22.3 Å². The number of aliphatic carboxylic acids is 1. The molecule has 2 heterocycles. The maximum absolute atomic E-state index is 13.3. The molecule has 1 saturated heterocycles. The van der Waals surface area contributed by atoms with Crippen molar-refractivity contribution in [1.29, 1.82) is 0 Å². The van der Waals surface area contributed by atoms with E-state index in [9.17, 15) is 32.3 Å². The molecule has 1 aliphatic heterocycles. The molecule has 3 N–H and O–H groups in total. The van der Waals surface area contributed by atoms with Gasteiger partial charge in [-0.3, -0.25) is 9.59 Å². The van der Waals surface area contributed by atoms with E-state index >= 15 is 0 Å². The van der Waals surface area contributed by atoms with Gasteiger partial charge in [-0.1, -0.05) is 17.7 Å². The zero-order chi connectivity index (χ0) is 24.5. The Hall–Kier alpha value is -2.92. The third-order valence-corrected chi connectivity index (χ3v) is 5.58. The van der Waals surface area contributed by atoms with Gasteiger partial charge in [0.1, 0.15) is 23.9 Å². The number of amides is 1. The van der Waals surface area contributed by atoms with Gasteiger partial charge in [0, 0.05) is 18.2 Å². The fraction of sp³-hybridized carbons (Fsp3) is 0.381. The van der Waals surface area contributed by atoms with Crippen LogP contribution < -0.4 is 10.2 Å². The van der Waals surface area contributed by atoms with Gasteiger partial charge in [-0.15, -0.1) is 0 Å². The number of aryl methyl sites for hydroxylation is 1. The minimum absolute atomic E-state index is 0.00817. The Morgan fingerprint density at radius 2 is 1.97 bits per heavy atom. The number of aromatic nitrogens is 1. The maximum Gasteiger partial charge on any atom is 0.416 e. The molecule has 178 valence electrons. The lowest BCUT2D eigenvalue weighted by Gasteiger charge is -2.29. The molecule has 3 rings (SSSR count). The standard InChI is InChI=1S/C21H20ClF4N3O4/c1-10-4-13(21(24,25)26)8-17(28-10)29-16(6-12(20(29)33)7-18(30)31)19(32)27-9-11-2-3-15(23)14(22)5-11/h2-5,8,12,16,20,33H,6-7,9H2,1H3,(H,27,32)(H,30,31)/t12-,16-,20-/m0/s1. The van der Waals surface area contributed by atoms with E-state index < -0.39 is 54.0 Å². The number of nitrogens with one attached hydrogen (secondary N) is 1. The maximum atomic E-state index is 13.3. The van der Waals surface area contributed by atoms with Crippen LogP contribution in [0.4, 0.5) is 23.4 Å². The predicted molar refractivity (Wildman–Crippen MR) is 110 cm³/mol. The van der Waals surface area contributed by atoms with Gasteiger partial charge in [-0.2, -0.15) is 13.2 Å². The summed E-state index contributed by atoms with van der Waals surface area (Å²) in [5.74, 6) is -3.75. The summed E-state index contributed by atoms with van der Waals surface area (Å²) in [6.07, 6.45) is -6.85. The number of anilines is 1. The van der Waals surface area contributed by atoms with Crippen molar-refractivity contribution in [3.63, 3.8) is 0 Å². The molecule has 0 saturated carbocycles. The van der Waals surface area contributed by atoms with E-state index in [1.165, 1.54) is 19.1 Å². The molecule has 3 atom stereocenters. The molecule has 0 spiro atoms. The quantitative estimate of drug-likeness (QED) is 0.537. The Morgan fingerprint density at radius 3 is 2.58 bits per heavy atom. The van der Waals surface area contributed by atoms with Crippen molar-refractivity contribution >= 4 is 29.3 Å². The number of carbonyl (C=O) groups excluding carboxylic acids is 1. The number of carboxylic acids is 1. The molecule has 7 nitrogen and oxygen atoms in total. The second-order valence-electron chi connectivity index (χ2n) is 7.75. The lowest BCUT2D eigenvalue weighted by Crippen LogP contribution is -2.47. The van der Waals surface area contributed by atoms with Gasteiger partial charge in [-0.25, -0.2) is 9.37 Å². The number of carboxylic acid groups (broad SMARTS) is 1. The SMILES string of the molecule is Cc1cc(C(F)(F)F)cc(N2[C@H](C(=O)NCc3ccc(F)c(Cl)c3)C[C@@H](CC(=O)O)[C@@H]2O)n1. The summed E-state index contributed by atoms with van der Waals surface area (Å²) in [5, 5.41) is 22.3. The number of rotatable bonds is 6. The van der Waals surface area contributed by atoms with Gasteiger partial charge < -0.3 is 20.4 Å². The first-order valence-corrected chi connectivity index (χ1v) is 10.2. The average Bonchev–Trinajstić information content (AvgIpc) is 3.03. The smallest absolute Gasteiger partial charge is 0.416 e. The van der Waals surface area contributed by atoms with Crippen molar-refractivity contribution in [2.75, 3.05) is 4.90 Å². The molecule has 0 radical (unpaired) electrons. The third kappa shape index (κ3) is 5.72. The molecule has 0 bridgehead atoms. The van der Waals surface area contributed by atoms with E-state index in [0.29, 0.717) is 11.6 Å². The highest BCUT2D eigenvalue weighted by atomic mass is 35.5. The highest BCUT2D eigenvalue weighted by molar-refractivity contribution is 6.30. The van der Waals surface area contributed by atoms with E-state index in [1.54, 1.807) is 0 Å². The predicted octanol–water partition coefficient (Wildman–Crippen LogP) is 3.51. The van der Waals surface area contributed by atoms with Crippen molar-refractivity contribution in [2.24, 2.45) is 5.92 Å². The van der Waals surface area contributed by atoms with E-state index in [0.717, 1.165) is 17.0 Å². The number of aliphatic hydroxyl groups excluding tert-OH is 1. The van der Waals surface area contributed by atoms with Gasteiger partial charge >= 0.3 is 12.1 Å². The van der Waals surface area contributed by atoms with Gasteiger partial charge in [0.05, 0.1) is 17.0 Å². The Bertz CT molecular complexity index is 1070. The largest absolute Gasteiger partial charge is 0.481 e. The highest BCUT2D eigenvalue weighted by Gasteiger charge is 2.46. The normalized spacial score (nSPS) is 20.7. The number of nitrogens with zero attached hydrogens (tertiary/aromatic N) is 2. The lowest BCUT2D eigenvalue weighted by molar-refractivity contribution is -0.139. The van der Waals surface area contributed by atoms with Crippen LogP contribution in [0.5, 0.6) is 0 Å². The van der Waals surface area contributed by atoms with E-state index in [-0.39, 0.29) is 29.5 Å². The van der Waals surface area contributed by atoms with Crippen LogP contribution in [0, 0.1) is 18.7 Å².